The zero-order valence-corrected chi connectivity index (χ0v) is 11.9. The molecule has 0 aliphatic heterocycles. The summed E-state index contributed by atoms with van der Waals surface area (Å²) in [4.78, 5) is 11.0. The predicted molar refractivity (Wildman–Crippen MR) is 67.2 cm³/mol. The molecule has 15 heavy (non-hydrogen) atoms. The zero-order chi connectivity index (χ0) is 12.0. The van der Waals surface area contributed by atoms with E-state index in [0.717, 1.165) is 0 Å². The molecule has 0 bridgehead atoms. The SMILES string of the molecule is C=CC(=O)O[SiH2]C(C)=C(C(C)C)C(C)C. The van der Waals surface area contributed by atoms with Gasteiger partial charge in [0.25, 0.3) is 9.76 Å². The summed E-state index contributed by atoms with van der Waals surface area (Å²) in [7, 11) is -0.897. The summed E-state index contributed by atoms with van der Waals surface area (Å²) in [6, 6.07) is 0. The van der Waals surface area contributed by atoms with Crippen molar-refractivity contribution in [3.8, 4) is 0 Å². The van der Waals surface area contributed by atoms with Gasteiger partial charge in [-0.05, 0) is 18.8 Å². The molecule has 3 heteroatoms. The molecular formula is C12H22O2Si. The number of carbonyl (C=O) groups is 1. The lowest BCUT2D eigenvalue weighted by atomic mass is 9.92. The quantitative estimate of drug-likeness (QED) is 0.531. The highest BCUT2D eigenvalue weighted by Crippen LogP contribution is 2.22. The Bertz CT molecular complexity index is 255. The van der Waals surface area contributed by atoms with E-state index in [2.05, 4.69) is 41.2 Å². The van der Waals surface area contributed by atoms with Crippen LogP contribution < -0.4 is 0 Å². The maximum absolute atomic E-state index is 11.0. The second-order valence-electron chi connectivity index (χ2n) is 4.36. The fourth-order valence-electron chi connectivity index (χ4n) is 1.97. The van der Waals surface area contributed by atoms with Gasteiger partial charge in [0.1, 0.15) is 0 Å². The first-order valence-electron chi connectivity index (χ1n) is 5.38. The minimum absolute atomic E-state index is 0.298. The molecule has 2 nitrogen and oxygen atoms in total. The first-order valence-corrected chi connectivity index (χ1v) is 6.67. The molecule has 0 spiro atoms. The second kappa shape index (κ2) is 6.61. The number of hydrogen-bond acceptors (Lipinski definition) is 2. The van der Waals surface area contributed by atoms with Crippen LogP contribution in [0.25, 0.3) is 0 Å². The average Bonchev–Trinajstić information content (AvgIpc) is 2.12. The highest BCUT2D eigenvalue weighted by molar-refractivity contribution is 6.40. The normalized spacial score (nSPS) is 11.1. The van der Waals surface area contributed by atoms with Crippen LogP contribution in [0.1, 0.15) is 34.6 Å². The van der Waals surface area contributed by atoms with Gasteiger partial charge in [-0.1, -0.05) is 45.0 Å². The highest BCUT2D eigenvalue weighted by atomic mass is 28.2. The monoisotopic (exact) mass is 226 g/mol. The lowest BCUT2D eigenvalue weighted by Crippen LogP contribution is -2.13. The second-order valence-corrected chi connectivity index (χ2v) is 5.99. The van der Waals surface area contributed by atoms with Crippen LogP contribution in [0, 0.1) is 11.8 Å². The van der Waals surface area contributed by atoms with Gasteiger partial charge in [-0.2, -0.15) is 0 Å². The molecule has 0 heterocycles. The van der Waals surface area contributed by atoms with Crippen molar-refractivity contribution in [2.75, 3.05) is 0 Å². The van der Waals surface area contributed by atoms with Crippen LogP contribution in [-0.2, 0) is 9.22 Å². The lowest BCUT2D eigenvalue weighted by molar-refractivity contribution is -0.128. The molecule has 0 amide bonds. The summed E-state index contributed by atoms with van der Waals surface area (Å²) in [5, 5.41) is 1.29. The van der Waals surface area contributed by atoms with Crippen LogP contribution in [0.3, 0.4) is 0 Å². The van der Waals surface area contributed by atoms with Crippen molar-refractivity contribution in [3.05, 3.63) is 23.4 Å². The van der Waals surface area contributed by atoms with Crippen molar-refractivity contribution >= 4 is 15.7 Å². The van der Waals surface area contributed by atoms with E-state index in [9.17, 15) is 4.79 Å². The van der Waals surface area contributed by atoms with Gasteiger partial charge in [0.2, 0.25) is 0 Å². The van der Waals surface area contributed by atoms with Gasteiger partial charge in [0, 0.05) is 6.08 Å². The Hall–Kier alpha value is -0.833. The summed E-state index contributed by atoms with van der Waals surface area (Å²) >= 11 is 0. The highest BCUT2D eigenvalue weighted by Gasteiger charge is 2.12. The molecule has 0 N–H and O–H groups in total. The molecule has 0 fully saturated rings. The first-order chi connectivity index (χ1) is 6.90. The minimum Gasteiger partial charge on any atom is -0.518 e. The van der Waals surface area contributed by atoms with Gasteiger partial charge in [-0.15, -0.1) is 0 Å². The van der Waals surface area contributed by atoms with E-state index in [0.29, 0.717) is 11.8 Å². The molecule has 0 aliphatic rings. The first kappa shape index (κ1) is 14.2. The molecular weight excluding hydrogens is 204 g/mol. The van der Waals surface area contributed by atoms with Crippen LogP contribution in [0.4, 0.5) is 0 Å². The number of carbonyl (C=O) groups excluding carboxylic acids is 1. The Labute approximate surface area is 95.3 Å². The van der Waals surface area contributed by atoms with Gasteiger partial charge in [-0.25, -0.2) is 4.79 Å². The molecule has 0 atom stereocenters. The van der Waals surface area contributed by atoms with Crippen molar-refractivity contribution in [2.24, 2.45) is 11.8 Å². The van der Waals surface area contributed by atoms with Crippen molar-refractivity contribution in [3.63, 3.8) is 0 Å². The number of rotatable bonds is 5. The molecule has 86 valence electrons. The van der Waals surface area contributed by atoms with Gasteiger partial charge in [-0.3, -0.25) is 0 Å². The van der Waals surface area contributed by atoms with Crippen molar-refractivity contribution in [2.45, 2.75) is 34.6 Å². The number of allylic oxidation sites excluding steroid dienone is 2. The van der Waals surface area contributed by atoms with E-state index in [1.807, 2.05) is 0 Å². The molecule has 0 aromatic rings. The third-order valence-corrected chi connectivity index (χ3v) is 3.60. The number of hydrogen-bond donors (Lipinski definition) is 0. The van der Waals surface area contributed by atoms with E-state index in [-0.39, 0.29) is 5.97 Å². The largest absolute Gasteiger partial charge is 0.518 e. The Morgan fingerprint density at radius 2 is 1.73 bits per heavy atom. The molecule has 0 unspecified atom stereocenters. The molecule has 0 saturated heterocycles. The maximum Gasteiger partial charge on any atom is 0.316 e. The average molecular weight is 226 g/mol. The fourth-order valence-corrected chi connectivity index (χ4v) is 3.43. The standard InChI is InChI=1S/C12H22O2Si/c1-7-11(13)14-15-10(6)12(8(2)3)9(4)5/h7-9H,1,15H2,2-6H3. The fraction of sp³-hybridized carbons (Fsp3) is 0.583. The van der Waals surface area contributed by atoms with Crippen LogP contribution in [0.15, 0.2) is 23.4 Å². The van der Waals surface area contributed by atoms with Crippen LogP contribution in [-0.4, -0.2) is 15.7 Å². The van der Waals surface area contributed by atoms with E-state index >= 15 is 0 Å². The summed E-state index contributed by atoms with van der Waals surface area (Å²) in [5.41, 5.74) is 1.43. The zero-order valence-electron chi connectivity index (χ0n) is 10.5. The van der Waals surface area contributed by atoms with Crippen LogP contribution in [0.5, 0.6) is 0 Å². The van der Waals surface area contributed by atoms with Gasteiger partial charge in [0.05, 0.1) is 0 Å². The Balaban J connectivity index is 4.58. The third-order valence-electron chi connectivity index (χ3n) is 2.33. The van der Waals surface area contributed by atoms with Crippen LogP contribution in [0.2, 0.25) is 0 Å². The van der Waals surface area contributed by atoms with E-state index in [1.165, 1.54) is 16.8 Å². The molecule has 0 aromatic heterocycles. The summed E-state index contributed by atoms with van der Waals surface area (Å²) in [5.74, 6) is 0.757. The lowest BCUT2D eigenvalue weighted by Gasteiger charge is -2.19. The molecule has 0 rings (SSSR count). The van der Waals surface area contributed by atoms with Crippen molar-refractivity contribution in [1.82, 2.24) is 0 Å². The summed E-state index contributed by atoms with van der Waals surface area (Å²) < 4.78 is 5.16. The van der Waals surface area contributed by atoms with Crippen molar-refractivity contribution in [1.29, 1.82) is 0 Å². The van der Waals surface area contributed by atoms with E-state index in [1.54, 1.807) is 0 Å². The summed E-state index contributed by atoms with van der Waals surface area (Å²) in [6.45, 7) is 14.2. The molecule has 0 aliphatic carbocycles. The minimum atomic E-state index is -0.897. The van der Waals surface area contributed by atoms with Gasteiger partial charge in [0.15, 0.2) is 0 Å². The topological polar surface area (TPSA) is 26.3 Å². The molecule has 0 aromatic carbocycles. The predicted octanol–water partition coefficient (Wildman–Crippen LogP) is 2.39. The molecule has 0 radical (unpaired) electrons. The molecule has 0 saturated carbocycles. The Morgan fingerprint density at radius 3 is 2.07 bits per heavy atom. The van der Waals surface area contributed by atoms with Gasteiger partial charge < -0.3 is 4.43 Å². The van der Waals surface area contributed by atoms with Crippen molar-refractivity contribution < 1.29 is 9.22 Å². The van der Waals surface area contributed by atoms with Crippen LogP contribution >= 0.6 is 0 Å². The smallest absolute Gasteiger partial charge is 0.316 e. The summed E-state index contributed by atoms with van der Waals surface area (Å²) in [6.07, 6.45) is 1.23. The Morgan fingerprint density at radius 1 is 1.27 bits per heavy atom. The third kappa shape index (κ3) is 4.97. The van der Waals surface area contributed by atoms with Gasteiger partial charge >= 0.3 is 5.97 Å². The Kier molecular flexibility index (Phi) is 6.25. The van der Waals surface area contributed by atoms with E-state index < -0.39 is 9.76 Å². The van der Waals surface area contributed by atoms with E-state index in [4.69, 9.17) is 4.43 Å². The maximum atomic E-state index is 11.0.